The molecule has 1 aromatic carbocycles. The largest absolute Gasteiger partial charge is 0.383 e. The molecule has 7 heteroatoms. The molecule has 3 aliphatic heterocycles. The number of nitrogens with one attached hydrogen (secondary N) is 2. The second kappa shape index (κ2) is 9.69. The monoisotopic (exact) mass is 486 g/mol. The molecule has 6 rings (SSSR count). The molecule has 2 N–H and O–H groups in total. The average molecular weight is 487 g/mol. The fraction of sp³-hybridized carbons (Fsp3) is 0.483. The highest BCUT2D eigenvalue weighted by Gasteiger charge is 2.48. The molecule has 2 fully saturated rings. The smallest absolute Gasteiger partial charge is 0.270 e. The fourth-order valence-corrected chi connectivity index (χ4v) is 6.73. The molecule has 188 valence electrons. The summed E-state index contributed by atoms with van der Waals surface area (Å²) < 4.78 is 5.52. The normalized spacial score (nSPS) is 30.3. The summed E-state index contributed by atoms with van der Waals surface area (Å²) in [5, 5.41) is 6.85. The van der Waals surface area contributed by atoms with Gasteiger partial charge in [0.05, 0.1) is 30.3 Å². The molecule has 5 atom stereocenters. The Hall–Kier alpha value is -3.19. The lowest BCUT2D eigenvalue weighted by atomic mass is 9.81. The van der Waals surface area contributed by atoms with Gasteiger partial charge < -0.3 is 20.3 Å². The molecule has 2 amide bonds. The molecule has 36 heavy (non-hydrogen) atoms. The molecule has 1 aromatic rings. The zero-order chi connectivity index (χ0) is 24.6. The number of methoxy groups -OCH3 is 1. The van der Waals surface area contributed by atoms with E-state index < -0.39 is 0 Å². The quantitative estimate of drug-likeness (QED) is 0.661. The highest BCUT2D eigenvalue weighted by molar-refractivity contribution is 6.44. The first-order chi connectivity index (χ1) is 17.6. The van der Waals surface area contributed by atoms with E-state index in [1.165, 1.54) is 5.56 Å². The van der Waals surface area contributed by atoms with Crippen LogP contribution in [0.4, 0.5) is 5.69 Å². The Labute approximate surface area is 212 Å². The van der Waals surface area contributed by atoms with Gasteiger partial charge in [0, 0.05) is 31.3 Å². The summed E-state index contributed by atoms with van der Waals surface area (Å²) in [6.07, 6.45) is 13.3. The van der Waals surface area contributed by atoms with Gasteiger partial charge in [0.25, 0.3) is 5.91 Å². The Kier molecular flexibility index (Phi) is 6.25. The summed E-state index contributed by atoms with van der Waals surface area (Å²) >= 11 is 0. The van der Waals surface area contributed by atoms with Gasteiger partial charge in [-0.2, -0.15) is 0 Å². The number of para-hydroxylation sites is 1. The number of aliphatic imine (C=N–C) groups is 1. The van der Waals surface area contributed by atoms with Gasteiger partial charge in [0.2, 0.25) is 5.91 Å². The van der Waals surface area contributed by atoms with Crippen molar-refractivity contribution in [2.24, 2.45) is 16.8 Å². The summed E-state index contributed by atoms with van der Waals surface area (Å²) in [4.78, 5) is 33.9. The van der Waals surface area contributed by atoms with Gasteiger partial charge in [-0.25, -0.2) is 4.99 Å². The van der Waals surface area contributed by atoms with Crippen molar-refractivity contribution >= 4 is 23.2 Å². The van der Waals surface area contributed by atoms with Crippen molar-refractivity contribution in [3.05, 3.63) is 65.4 Å². The van der Waals surface area contributed by atoms with Gasteiger partial charge >= 0.3 is 0 Å². The maximum atomic E-state index is 14.1. The van der Waals surface area contributed by atoms with Crippen molar-refractivity contribution in [1.82, 2.24) is 10.2 Å². The van der Waals surface area contributed by atoms with E-state index in [2.05, 4.69) is 44.8 Å². The number of nitrogens with zero attached hydrogens (tertiary/aromatic N) is 2. The van der Waals surface area contributed by atoms with Gasteiger partial charge in [0.15, 0.2) is 0 Å². The van der Waals surface area contributed by atoms with Crippen LogP contribution in [0.2, 0.25) is 0 Å². The number of hydrogen-bond donors (Lipinski definition) is 2. The van der Waals surface area contributed by atoms with E-state index >= 15 is 0 Å². The average Bonchev–Trinajstić information content (AvgIpc) is 3.54. The van der Waals surface area contributed by atoms with E-state index in [0.29, 0.717) is 18.2 Å². The lowest BCUT2D eigenvalue weighted by Crippen LogP contribution is -2.51. The van der Waals surface area contributed by atoms with Crippen molar-refractivity contribution in [2.45, 2.75) is 56.7 Å². The molecule has 5 aliphatic rings. The number of rotatable bonds is 5. The summed E-state index contributed by atoms with van der Waals surface area (Å²) in [5.41, 5.74) is 4.68. The minimum atomic E-state index is -0.206. The van der Waals surface area contributed by atoms with Crippen LogP contribution in [0.5, 0.6) is 0 Å². The second-order valence-corrected chi connectivity index (χ2v) is 10.5. The Morgan fingerprint density at radius 3 is 2.92 bits per heavy atom. The van der Waals surface area contributed by atoms with Crippen LogP contribution in [0, 0.1) is 11.8 Å². The summed E-state index contributed by atoms with van der Waals surface area (Å²) in [6.45, 7) is 1.35. The van der Waals surface area contributed by atoms with Gasteiger partial charge in [-0.3, -0.25) is 9.59 Å². The van der Waals surface area contributed by atoms with Gasteiger partial charge in [0.1, 0.15) is 5.71 Å². The van der Waals surface area contributed by atoms with Gasteiger partial charge in [-0.1, -0.05) is 43.2 Å². The topological polar surface area (TPSA) is 83.0 Å². The molecule has 0 spiro atoms. The maximum Gasteiger partial charge on any atom is 0.270 e. The molecule has 7 nitrogen and oxygen atoms in total. The zero-order valence-electron chi connectivity index (χ0n) is 20.8. The molecule has 0 bridgehead atoms. The van der Waals surface area contributed by atoms with Crippen molar-refractivity contribution in [3.8, 4) is 0 Å². The fourth-order valence-electron chi connectivity index (χ4n) is 6.73. The number of amides is 2. The van der Waals surface area contributed by atoms with E-state index in [-0.39, 0.29) is 35.9 Å². The maximum absolute atomic E-state index is 14.1. The van der Waals surface area contributed by atoms with Crippen molar-refractivity contribution in [3.63, 3.8) is 0 Å². The van der Waals surface area contributed by atoms with Crippen molar-refractivity contribution < 1.29 is 14.3 Å². The Balaban J connectivity index is 1.22. The first kappa shape index (κ1) is 23.2. The number of carbonyl (C=O) groups excluding carboxylic acids is 2. The van der Waals surface area contributed by atoms with Crippen LogP contribution < -0.4 is 10.6 Å². The summed E-state index contributed by atoms with van der Waals surface area (Å²) in [5.74, 6) is 0.106. The minimum Gasteiger partial charge on any atom is -0.383 e. The van der Waals surface area contributed by atoms with E-state index in [4.69, 9.17) is 4.74 Å². The lowest BCUT2D eigenvalue weighted by Gasteiger charge is -2.41. The van der Waals surface area contributed by atoms with Crippen LogP contribution in [0.3, 0.4) is 0 Å². The van der Waals surface area contributed by atoms with Gasteiger partial charge in [-0.15, -0.1) is 0 Å². The first-order valence-corrected chi connectivity index (χ1v) is 13.3. The Bertz CT molecular complexity index is 1180. The van der Waals surface area contributed by atoms with Gasteiger partial charge in [-0.05, 0) is 55.0 Å². The van der Waals surface area contributed by atoms with E-state index in [1.54, 1.807) is 7.11 Å². The number of hydrogen-bond acceptors (Lipinski definition) is 5. The molecule has 1 saturated heterocycles. The Morgan fingerprint density at radius 2 is 2.06 bits per heavy atom. The van der Waals surface area contributed by atoms with E-state index in [1.807, 2.05) is 24.3 Å². The van der Waals surface area contributed by atoms with Crippen LogP contribution >= 0.6 is 0 Å². The zero-order valence-corrected chi connectivity index (χ0v) is 20.8. The number of anilines is 1. The molecule has 0 unspecified atom stereocenters. The molecule has 1 saturated carbocycles. The number of benzene rings is 1. The first-order valence-electron chi connectivity index (χ1n) is 13.3. The number of likely N-dealkylation sites (tertiary alicyclic amines) is 1. The Morgan fingerprint density at radius 1 is 1.19 bits per heavy atom. The number of carbonyl (C=O) groups is 2. The third kappa shape index (κ3) is 4.09. The summed E-state index contributed by atoms with van der Waals surface area (Å²) in [7, 11) is 1.73. The molecular weight excluding hydrogens is 452 g/mol. The predicted molar refractivity (Wildman–Crippen MR) is 140 cm³/mol. The number of ether oxygens (including phenoxy) is 1. The number of fused-ring (bicyclic) bond motifs is 4. The van der Waals surface area contributed by atoms with E-state index in [9.17, 15) is 9.59 Å². The van der Waals surface area contributed by atoms with Crippen LogP contribution in [0.15, 0.2) is 64.8 Å². The minimum absolute atomic E-state index is 0.0416. The molecule has 0 radical (unpaired) electrons. The third-order valence-corrected chi connectivity index (χ3v) is 8.45. The molecule has 3 heterocycles. The molecule has 2 aliphatic carbocycles. The SMILES string of the molecule is COC[C@@H]1Nc2ccccc2[C@H]2[C@H]1CCN2C(=O)[C@H]1CCCC[C@H]1NC(=O)C1=NC2=CC=CCC2=C1. The van der Waals surface area contributed by atoms with Crippen LogP contribution in [-0.2, 0) is 14.3 Å². The second-order valence-electron chi connectivity index (χ2n) is 10.5. The van der Waals surface area contributed by atoms with Crippen molar-refractivity contribution in [2.75, 3.05) is 25.6 Å². The highest BCUT2D eigenvalue weighted by Crippen LogP contribution is 2.47. The molecule has 0 aromatic heterocycles. The van der Waals surface area contributed by atoms with Crippen molar-refractivity contribution in [1.29, 1.82) is 0 Å². The molecular formula is C29H34N4O3. The van der Waals surface area contributed by atoms with E-state index in [0.717, 1.165) is 62.0 Å². The van der Waals surface area contributed by atoms with Crippen LogP contribution in [0.1, 0.15) is 50.1 Å². The lowest BCUT2D eigenvalue weighted by molar-refractivity contribution is -0.139. The standard InChI is InChI=1S/C29H34N4O3/c1-36-17-26-20-14-15-33(27(20)19-9-3-6-12-23(19)31-26)29(35)21-10-4-7-13-24(21)32-28(34)25-16-18-8-2-5-11-22(18)30-25/h2-3,5-6,9,11-12,16,20-21,24,26-27,31H,4,7-8,10,13-15,17H2,1H3,(H,32,34)/t20-,21-,24+,26-,27-/m0/s1. The van der Waals surface area contributed by atoms with Crippen LogP contribution in [-0.4, -0.2) is 54.8 Å². The predicted octanol–water partition coefficient (Wildman–Crippen LogP) is 3.92. The highest BCUT2D eigenvalue weighted by atomic mass is 16.5. The third-order valence-electron chi connectivity index (χ3n) is 8.45. The number of allylic oxidation sites excluding steroid dienone is 4. The summed E-state index contributed by atoms with van der Waals surface area (Å²) in [6, 6.07) is 8.38. The van der Waals surface area contributed by atoms with Crippen LogP contribution in [0.25, 0.3) is 0 Å².